The van der Waals surface area contributed by atoms with Crippen molar-refractivity contribution in [3.63, 3.8) is 0 Å². The van der Waals surface area contributed by atoms with Crippen LogP contribution in [0.25, 0.3) is 0 Å². The number of hydrogen-bond acceptors (Lipinski definition) is 2. The van der Waals surface area contributed by atoms with Gasteiger partial charge >= 0.3 is 0 Å². The topological polar surface area (TPSA) is 23.5 Å². The van der Waals surface area contributed by atoms with Gasteiger partial charge in [0, 0.05) is 16.0 Å². The highest BCUT2D eigenvalue weighted by Gasteiger charge is 2.20. The molecule has 2 nitrogen and oxygen atoms in total. The molecule has 1 atom stereocenters. The molecule has 4 heteroatoms. The summed E-state index contributed by atoms with van der Waals surface area (Å²) in [5, 5.41) is 11.0. The zero-order chi connectivity index (χ0) is 15.2. The highest BCUT2D eigenvalue weighted by atomic mass is 79.9. The van der Waals surface area contributed by atoms with Crippen LogP contribution in [0.15, 0.2) is 22.7 Å². The molecule has 1 heterocycles. The van der Waals surface area contributed by atoms with Crippen molar-refractivity contribution in [2.24, 2.45) is 5.92 Å². The van der Waals surface area contributed by atoms with Gasteiger partial charge < -0.3 is 10.0 Å². The van der Waals surface area contributed by atoms with E-state index < -0.39 is 6.10 Å². The van der Waals surface area contributed by atoms with Gasteiger partial charge in [0.25, 0.3) is 0 Å². The molecule has 1 saturated heterocycles. The molecule has 21 heavy (non-hydrogen) atoms. The van der Waals surface area contributed by atoms with Gasteiger partial charge in [0.15, 0.2) is 0 Å². The van der Waals surface area contributed by atoms with Crippen molar-refractivity contribution in [2.45, 2.75) is 45.1 Å². The summed E-state index contributed by atoms with van der Waals surface area (Å²) >= 11 is 9.59. The summed E-state index contributed by atoms with van der Waals surface area (Å²) in [7, 11) is 0. The Kier molecular flexibility index (Phi) is 7.00. The molecular formula is C17H25BrClNO. The van der Waals surface area contributed by atoms with Gasteiger partial charge in [-0.1, -0.05) is 53.4 Å². The third-order valence-corrected chi connectivity index (χ3v) is 5.26. The van der Waals surface area contributed by atoms with Gasteiger partial charge in [0.2, 0.25) is 0 Å². The number of benzene rings is 1. The molecule has 0 saturated carbocycles. The highest BCUT2D eigenvalue weighted by Crippen LogP contribution is 2.29. The molecule has 0 aromatic heterocycles. The minimum atomic E-state index is -0.473. The third-order valence-electron chi connectivity index (χ3n) is 4.44. The second-order valence-electron chi connectivity index (χ2n) is 6.04. The van der Waals surface area contributed by atoms with Crippen LogP contribution in [0.4, 0.5) is 0 Å². The maximum atomic E-state index is 10.3. The van der Waals surface area contributed by atoms with Crippen LogP contribution < -0.4 is 0 Å². The highest BCUT2D eigenvalue weighted by molar-refractivity contribution is 9.10. The van der Waals surface area contributed by atoms with Gasteiger partial charge in [-0.15, -0.1) is 0 Å². The van der Waals surface area contributed by atoms with E-state index in [2.05, 4.69) is 27.8 Å². The Labute approximate surface area is 141 Å². The summed E-state index contributed by atoms with van der Waals surface area (Å²) in [6.45, 7) is 5.56. The number of likely N-dealkylation sites (tertiary alicyclic amines) is 1. The number of halogens is 2. The average molecular weight is 375 g/mol. The van der Waals surface area contributed by atoms with E-state index in [1.165, 1.54) is 38.8 Å². The van der Waals surface area contributed by atoms with Crippen molar-refractivity contribution in [2.75, 3.05) is 19.6 Å². The monoisotopic (exact) mass is 373 g/mol. The summed E-state index contributed by atoms with van der Waals surface area (Å²) in [5.74, 6) is 0.914. The molecule has 2 rings (SSSR count). The van der Waals surface area contributed by atoms with Crippen LogP contribution in [0, 0.1) is 5.92 Å². The molecular weight excluding hydrogens is 350 g/mol. The summed E-state index contributed by atoms with van der Waals surface area (Å²) in [5.41, 5.74) is 0.834. The largest absolute Gasteiger partial charge is 0.388 e. The summed E-state index contributed by atoms with van der Waals surface area (Å²) in [6, 6.07) is 5.68. The molecule has 118 valence electrons. The van der Waals surface area contributed by atoms with E-state index in [1.54, 1.807) is 0 Å². The molecule has 1 aromatic carbocycles. The van der Waals surface area contributed by atoms with Crippen molar-refractivity contribution in [3.05, 3.63) is 33.3 Å². The Bertz CT molecular complexity index is 446. The number of nitrogens with zero attached hydrogens (tertiary/aromatic N) is 1. The predicted octanol–water partition coefficient (Wildman–Crippen LogP) is 5.04. The van der Waals surface area contributed by atoms with E-state index in [9.17, 15) is 5.11 Å². The Balaban J connectivity index is 1.78. The first-order chi connectivity index (χ1) is 10.1. The van der Waals surface area contributed by atoms with E-state index in [-0.39, 0.29) is 0 Å². The van der Waals surface area contributed by atoms with E-state index in [0.29, 0.717) is 5.02 Å². The van der Waals surface area contributed by atoms with Gasteiger partial charge in [-0.05, 0) is 56.0 Å². The van der Waals surface area contributed by atoms with Crippen LogP contribution >= 0.6 is 27.5 Å². The lowest BCUT2D eigenvalue weighted by Crippen LogP contribution is -2.34. The summed E-state index contributed by atoms with van der Waals surface area (Å²) in [4.78, 5) is 2.47. The second kappa shape index (κ2) is 8.52. The van der Waals surface area contributed by atoms with Crippen LogP contribution in [0.5, 0.6) is 0 Å². The van der Waals surface area contributed by atoms with E-state index in [4.69, 9.17) is 11.6 Å². The van der Waals surface area contributed by atoms with Crippen molar-refractivity contribution < 1.29 is 5.11 Å². The molecule has 0 amide bonds. The van der Waals surface area contributed by atoms with Gasteiger partial charge in [-0.3, -0.25) is 0 Å². The Hall–Kier alpha value is -0.0900. The molecule has 1 aliphatic heterocycles. The van der Waals surface area contributed by atoms with Crippen LogP contribution in [0.1, 0.15) is 50.7 Å². The number of aliphatic hydroxyl groups excluding tert-OH is 1. The lowest BCUT2D eigenvalue weighted by molar-refractivity contribution is 0.121. The summed E-state index contributed by atoms with van der Waals surface area (Å²) in [6.07, 6.45) is 5.56. The average Bonchev–Trinajstić information content (AvgIpc) is 2.46. The fraction of sp³-hybridized carbons (Fsp3) is 0.647. The number of rotatable bonds is 6. The summed E-state index contributed by atoms with van der Waals surface area (Å²) < 4.78 is 0.946. The molecule has 0 aliphatic carbocycles. The van der Waals surface area contributed by atoms with Gasteiger partial charge in [-0.2, -0.15) is 0 Å². The molecule has 1 aliphatic rings. The molecule has 1 aromatic rings. The zero-order valence-corrected chi connectivity index (χ0v) is 15.0. The van der Waals surface area contributed by atoms with Crippen LogP contribution in [-0.2, 0) is 0 Å². The van der Waals surface area contributed by atoms with Gasteiger partial charge in [-0.25, -0.2) is 0 Å². The maximum absolute atomic E-state index is 10.3. The molecule has 1 N–H and O–H groups in total. The van der Waals surface area contributed by atoms with Crippen LogP contribution in [0.2, 0.25) is 5.02 Å². The first-order valence-electron chi connectivity index (χ1n) is 7.95. The van der Waals surface area contributed by atoms with Gasteiger partial charge in [0.1, 0.15) is 0 Å². The van der Waals surface area contributed by atoms with E-state index >= 15 is 0 Å². The first-order valence-corrected chi connectivity index (χ1v) is 9.12. The predicted molar refractivity (Wildman–Crippen MR) is 92.8 cm³/mol. The number of hydrogen-bond donors (Lipinski definition) is 1. The lowest BCUT2D eigenvalue weighted by Gasteiger charge is -2.32. The Morgan fingerprint density at radius 2 is 2.10 bits per heavy atom. The molecule has 0 radical (unpaired) electrons. The van der Waals surface area contributed by atoms with Crippen molar-refractivity contribution in [1.29, 1.82) is 0 Å². The zero-order valence-electron chi connectivity index (χ0n) is 12.7. The molecule has 1 unspecified atom stereocenters. The quantitative estimate of drug-likeness (QED) is 0.754. The van der Waals surface area contributed by atoms with E-state index in [1.807, 2.05) is 18.2 Å². The lowest BCUT2D eigenvalue weighted by atomic mass is 9.92. The fourth-order valence-corrected chi connectivity index (χ4v) is 3.94. The van der Waals surface area contributed by atoms with Crippen molar-refractivity contribution in [3.8, 4) is 0 Å². The minimum absolute atomic E-state index is 0.473. The third kappa shape index (κ3) is 5.24. The van der Waals surface area contributed by atoms with Crippen molar-refractivity contribution >= 4 is 27.5 Å². The smallest absolute Gasteiger partial charge is 0.0816 e. The maximum Gasteiger partial charge on any atom is 0.0816 e. The first kappa shape index (κ1) is 17.3. The molecule has 0 bridgehead atoms. The van der Waals surface area contributed by atoms with Crippen molar-refractivity contribution in [1.82, 2.24) is 4.90 Å². The minimum Gasteiger partial charge on any atom is -0.388 e. The van der Waals surface area contributed by atoms with Crippen LogP contribution in [-0.4, -0.2) is 29.6 Å². The SMILES string of the molecule is CCCC1CCN(CCC(O)c2ccc(Br)cc2Cl)CC1. The molecule has 1 fully saturated rings. The number of aliphatic hydroxyl groups is 1. The van der Waals surface area contributed by atoms with Crippen LogP contribution in [0.3, 0.4) is 0 Å². The Morgan fingerprint density at radius 3 is 2.71 bits per heavy atom. The Morgan fingerprint density at radius 1 is 1.38 bits per heavy atom. The standard InChI is InChI=1S/C17H25BrClNO/c1-2-3-13-6-9-20(10-7-13)11-8-17(21)15-5-4-14(18)12-16(15)19/h4-5,12-13,17,21H,2-3,6-11H2,1H3. The fourth-order valence-electron chi connectivity index (χ4n) is 3.14. The molecule has 0 spiro atoms. The van der Waals surface area contributed by atoms with Gasteiger partial charge in [0.05, 0.1) is 6.10 Å². The normalized spacial score (nSPS) is 18.9. The van der Waals surface area contributed by atoms with E-state index in [0.717, 1.165) is 28.9 Å². The second-order valence-corrected chi connectivity index (χ2v) is 7.37. The number of piperidine rings is 1.